The number of nitrogens with zero attached hydrogens (tertiary/aromatic N) is 3. The zero-order valence-corrected chi connectivity index (χ0v) is 19.7. The molecule has 1 N–H and O–H groups in total. The van der Waals surface area contributed by atoms with Crippen molar-refractivity contribution in [2.24, 2.45) is 0 Å². The van der Waals surface area contributed by atoms with Gasteiger partial charge in [0.05, 0.1) is 5.69 Å². The van der Waals surface area contributed by atoms with E-state index in [0.29, 0.717) is 20.4 Å². The van der Waals surface area contributed by atoms with E-state index in [9.17, 15) is 14.4 Å². The van der Waals surface area contributed by atoms with Crippen LogP contribution in [-0.2, 0) is 24.2 Å². The molecule has 2 aromatic carbocycles. The lowest BCUT2D eigenvalue weighted by atomic mass is 10.1. The highest BCUT2D eigenvalue weighted by Gasteiger charge is 2.21. The summed E-state index contributed by atoms with van der Waals surface area (Å²) in [4.78, 5) is 44.1. The first kappa shape index (κ1) is 21.7. The Morgan fingerprint density at radius 3 is 2.70 bits per heavy atom. The molecule has 0 fully saturated rings. The highest BCUT2D eigenvalue weighted by molar-refractivity contribution is 8.01. The third-order valence-corrected chi connectivity index (χ3v) is 7.69. The lowest BCUT2D eigenvalue weighted by Gasteiger charge is -2.12. The van der Waals surface area contributed by atoms with Crippen molar-refractivity contribution >= 4 is 45.0 Å². The smallest absolute Gasteiger partial charge is 0.325 e. The zero-order chi connectivity index (χ0) is 22.9. The molecule has 0 saturated carbocycles. The van der Waals surface area contributed by atoms with E-state index in [2.05, 4.69) is 10.3 Å². The number of carbonyl (C=O) groups is 1. The molecule has 2 heterocycles. The number of hydrogen-bond donors (Lipinski definition) is 1. The Labute approximate surface area is 198 Å². The van der Waals surface area contributed by atoms with Crippen LogP contribution in [0.1, 0.15) is 24.5 Å². The number of hydrogen-bond acceptors (Lipinski definition) is 6. The first-order valence-corrected chi connectivity index (χ1v) is 12.6. The highest BCUT2D eigenvalue weighted by Crippen LogP contribution is 2.27. The number of amides is 1. The third-order valence-electron chi connectivity index (χ3n) is 5.63. The summed E-state index contributed by atoms with van der Waals surface area (Å²) in [6, 6.07) is 14.7. The number of carbonyl (C=O) groups excluding carboxylic acids is 1. The van der Waals surface area contributed by atoms with Gasteiger partial charge in [0, 0.05) is 5.69 Å². The van der Waals surface area contributed by atoms with Gasteiger partial charge in [0.1, 0.15) is 11.2 Å². The van der Waals surface area contributed by atoms with Crippen LogP contribution in [0, 0.1) is 0 Å². The van der Waals surface area contributed by atoms with Crippen molar-refractivity contribution in [1.82, 2.24) is 14.1 Å². The molecule has 0 saturated heterocycles. The maximum Gasteiger partial charge on any atom is 0.337 e. The van der Waals surface area contributed by atoms with Crippen molar-refractivity contribution in [3.8, 4) is 5.69 Å². The molecule has 2 aromatic heterocycles. The molecule has 4 aromatic rings. The first-order valence-electron chi connectivity index (χ1n) is 10.8. The summed E-state index contributed by atoms with van der Waals surface area (Å²) in [5, 5.41) is 2.90. The summed E-state index contributed by atoms with van der Waals surface area (Å²) in [5.74, 6) is 0.447. The van der Waals surface area contributed by atoms with Gasteiger partial charge in [-0.15, -0.1) is 11.3 Å². The SMILES string of the molecule is CCSc1nc2c(s1)c(=O)n(-c1ccccc1)c(=O)n2CC(=O)Nc1ccc2c(c1)CCC2. The minimum Gasteiger partial charge on any atom is -0.325 e. The molecule has 1 aliphatic rings. The van der Waals surface area contributed by atoms with Crippen molar-refractivity contribution < 1.29 is 4.79 Å². The number of nitrogens with one attached hydrogen (secondary N) is 1. The molecular weight excluding hydrogens is 456 g/mol. The van der Waals surface area contributed by atoms with E-state index in [-0.39, 0.29) is 18.1 Å². The Bertz CT molecular complexity index is 1470. The number of fused-ring (bicyclic) bond motifs is 2. The monoisotopic (exact) mass is 478 g/mol. The molecule has 168 valence electrons. The Balaban J connectivity index is 1.56. The lowest BCUT2D eigenvalue weighted by molar-refractivity contribution is -0.116. The maximum absolute atomic E-state index is 13.4. The van der Waals surface area contributed by atoms with Crippen molar-refractivity contribution in [2.45, 2.75) is 37.1 Å². The Morgan fingerprint density at radius 1 is 1.12 bits per heavy atom. The number of rotatable bonds is 6. The molecular formula is C24H22N4O3S2. The fourth-order valence-corrected chi connectivity index (χ4v) is 6.11. The van der Waals surface area contributed by atoms with Crippen molar-refractivity contribution in [3.63, 3.8) is 0 Å². The second-order valence-corrected chi connectivity index (χ2v) is 10.3. The molecule has 1 aliphatic carbocycles. The molecule has 9 heteroatoms. The van der Waals surface area contributed by atoms with Crippen molar-refractivity contribution in [2.75, 3.05) is 11.1 Å². The second-order valence-electron chi connectivity index (χ2n) is 7.80. The van der Waals surface area contributed by atoms with E-state index < -0.39 is 11.2 Å². The molecule has 0 radical (unpaired) electrons. The molecule has 5 rings (SSSR count). The Hall–Kier alpha value is -3.17. The summed E-state index contributed by atoms with van der Waals surface area (Å²) in [6.07, 6.45) is 3.21. The molecule has 0 atom stereocenters. The summed E-state index contributed by atoms with van der Waals surface area (Å²) < 4.78 is 3.47. The summed E-state index contributed by atoms with van der Waals surface area (Å²) in [6.45, 7) is 1.76. The van der Waals surface area contributed by atoms with E-state index in [1.807, 2.05) is 31.2 Å². The average Bonchev–Trinajstić information content (AvgIpc) is 3.45. The second kappa shape index (κ2) is 8.99. The molecule has 1 amide bonds. The number of thioether (sulfide) groups is 1. The van der Waals surface area contributed by atoms with E-state index in [1.165, 1.54) is 38.8 Å². The number of aryl methyl sites for hydroxylation is 2. The third kappa shape index (κ3) is 4.14. The first-order chi connectivity index (χ1) is 16.0. The quantitative estimate of drug-likeness (QED) is 0.426. The fourth-order valence-electron chi connectivity index (χ4n) is 4.14. The molecule has 0 bridgehead atoms. The van der Waals surface area contributed by atoms with Gasteiger partial charge < -0.3 is 5.32 Å². The molecule has 33 heavy (non-hydrogen) atoms. The van der Waals surface area contributed by atoms with Gasteiger partial charge >= 0.3 is 5.69 Å². The van der Waals surface area contributed by atoms with Crippen molar-refractivity contribution in [1.29, 1.82) is 0 Å². The molecule has 0 unspecified atom stereocenters. The number of anilines is 1. The van der Waals surface area contributed by atoms with Crippen LogP contribution in [0.4, 0.5) is 5.69 Å². The zero-order valence-electron chi connectivity index (χ0n) is 18.0. The normalized spacial score (nSPS) is 12.8. The maximum atomic E-state index is 13.4. The van der Waals surface area contributed by atoms with E-state index >= 15 is 0 Å². The van der Waals surface area contributed by atoms with Crippen LogP contribution < -0.4 is 16.6 Å². The largest absolute Gasteiger partial charge is 0.337 e. The van der Waals surface area contributed by atoms with E-state index in [0.717, 1.165) is 29.6 Å². The van der Waals surface area contributed by atoms with Gasteiger partial charge in [-0.1, -0.05) is 43.0 Å². The standard InChI is InChI=1S/C24H22N4O3S2/c1-2-32-23-26-21-20(33-23)22(30)28(18-9-4-3-5-10-18)24(31)27(21)14-19(29)25-17-12-11-15-7-6-8-16(15)13-17/h3-5,9-13H,2,6-8,14H2,1H3,(H,25,29). The van der Waals surface area contributed by atoms with Gasteiger partial charge in [-0.2, -0.15) is 0 Å². The predicted octanol–water partition coefficient (Wildman–Crippen LogP) is 3.85. The van der Waals surface area contributed by atoms with Crippen LogP contribution >= 0.6 is 23.1 Å². The van der Waals surface area contributed by atoms with Crippen molar-refractivity contribution in [3.05, 3.63) is 80.5 Å². The van der Waals surface area contributed by atoms with Crippen LogP contribution in [0.15, 0.2) is 62.5 Å². The van der Waals surface area contributed by atoms with E-state index in [1.54, 1.807) is 24.3 Å². The molecule has 0 spiro atoms. The summed E-state index contributed by atoms with van der Waals surface area (Å²) in [5.41, 5.74) is 3.00. The molecule has 0 aliphatic heterocycles. The van der Waals surface area contributed by atoms with Crippen LogP contribution in [0.5, 0.6) is 0 Å². The van der Waals surface area contributed by atoms with Gasteiger partial charge in [0.25, 0.3) is 5.56 Å². The highest BCUT2D eigenvalue weighted by atomic mass is 32.2. The number of para-hydroxylation sites is 1. The Kier molecular flexibility index (Phi) is 5.90. The van der Waals surface area contributed by atoms with Gasteiger partial charge in [0.2, 0.25) is 5.91 Å². The van der Waals surface area contributed by atoms with E-state index in [4.69, 9.17) is 0 Å². The molecule has 7 nitrogen and oxygen atoms in total. The average molecular weight is 479 g/mol. The number of aromatic nitrogens is 3. The summed E-state index contributed by atoms with van der Waals surface area (Å²) in [7, 11) is 0. The van der Waals surface area contributed by atoms with Crippen LogP contribution in [-0.4, -0.2) is 25.8 Å². The van der Waals surface area contributed by atoms with Gasteiger partial charge in [-0.3, -0.25) is 14.2 Å². The van der Waals surface area contributed by atoms with Crippen LogP contribution in [0.2, 0.25) is 0 Å². The number of thiazole rings is 1. The minimum atomic E-state index is -0.582. The Morgan fingerprint density at radius 2 is 1.91 bits per heavy atom. The van der Waals surface area contributed by atoms with Gasteiger partial charge in [0.15, 0.2) is 9.99 Å². The topological polar surface area (TPSA) is 86.0 Å². The summed E-state index contributed by atoms with van der Waals surface area (Å²) >= 11 is 2.75. The van der Waals surface area contributed by atoms with Gasteiger partial charge in [-0.25, -0.2) is 14.3 Å². The predicted molar refractivity (Wildman–Crippen MR) is 133 cm³/mol. The fraction of sp³-hybridized carbons (Fsp3) is 0.250. The van der Waals surface area contributed by atoms with Gasteiger partial charge in [-0.05, 0) is 60.4 Å². The minimum absolute atomic E-state index is 0.237. The van der Waals surface area contributed by atoms with Crippen LogP contribution in [0.3, 0.4) is 0 Å². The van der Waals surface area contributed by atoms with Crippen LogP contribution in [0.25, 0.3) is 16.0 Å². The number of benzene rings is 2. The lowest BCUT2D eigenvalue weighted by Crippen LogP contribution is -2.40.